The van der Waals surface area contributed by atoms with Crippen LogP contribution in [0.1, 0.15) is 34.8 Å². The predicted molar refractivity (Wildman–Crippen MR) is 108 cm³/mol. The summed E-state index contributed by atoms with van der Waals surface area (Å²) in [6.07, 6.45) is 0. The summed E-state index contributed by atoms with van der Waals surface area (Å²) in [4.78, 5) is 27.2. The summed E-state index contributed by atoms with van der Waals surface area (Å²) in [6.45, 7) is 6.05. The van der Waals surface area contributed by atoms with Gasteiger partial charge in [-0.15, -0.1) is 11.3 Å². The number of hydrogen-bond acceptors (Lipinski definition) is 4. The molecule has 0 saturated heterocycles. The van der Waals surface area contributed by atoms with E-state index in [9.17, 15) is 9.59 Å². The number of amides is 2. The fourth-order valence-corrected chi connectivity index (χ4v) is 4.22. The van der Waals surface area contributed by atoms with Crippen molar-refractivity contribution in [2.24, 2.45) is 5.73 Å². The zero-order chi connectivity index (χ0) is 19.7. The van der Waals surface area contributed by atoms with E-state index in [1.54, 1.807) is 0 Å². The second-order valence-electron chi connectivity index (χ2n) is 6.66. The molecule has 0 atom stereocenters. The normalized spacial score (nSPS) is 11.3. The van der Waals surface area contributed by atoms with E-state index in [1.165, 1.54) is 16.2 Å². The van der Waals surface area contributed by atoms with Crippen molar-refractivity contribution in [1.29, 1.82) is 0 Å². The highest BCUT2D eigenvalue weighted by atomic mass is 35.5. The molecule has 8 heteroatoms. The number of rotatable bonds is 6. The minimum Gasteiger partial charge on any atom is -0.368 e. The Morgan fingerprint density at radius 3 is 2.67 bits per heavy atom. The summed E-state index contributed by atoms with van der Waals surface area (Å²) in [5, 5.41) is 6.19. The molecule has 0 aliphatic carbocycles. The molecular formula is C19H21ClN4O2S. The van der Waals surface area contributed by atoms with Crippen molar-refractivity contribution < 1.29 is 9.59 Å². The summed E-state index contributed by atoms with van der Waals surface area (Å²) < 4.78 is 1.86. The van der Waals surface area contributed by atoms with Gasteiger partial charge in [-0.3, -0.25) is 14.3 Å². The Morgan fingerprint density at radius 1 is 1.33 bits per heavy atom. The minimum absolute atomic E-state index is 0.102. The number of nitrogens with zero attached hydrogens (tertiary/aromatic N) is 3. The van der Waals surface area contributed by atoms with Crippen molar-refractivity contribution >= 4 is 45.0 Å². The maximum Gasteiger partial charge on any atom is 0.264 e. The second-order valence-corrected chi connectivity index (χ2v) is 8.09. The largest absolute Gasteiger partial charge is 0.368 e. The Morgan fingerprint density at radius 2 is 2.04 bits per heavy atom. The molecule has 0 fully saturated rings. The van der Waals surface area contributed by atoms with E-state index >= 15 is 0 Å². The Bertz CT molecular complexity index is 1010. The van der Waals surface area contributed by atoms with Gasteiger partial charge in [-0.25, -0.2) is 0 Å². The molecule has 0 aliphatic heterocycles. The van der Waals surface area contributed by atoms with Gasteiger partial charge in [0.05, 0.1) is 23.7 Å². The first kappa shape index (κ1) is 19.4. The number of fused-ring (bicyclic) bond motifs is 1. The SMILES string of the molecule is Cc1nn(Cc2ccccc2Cl)c2sc(C(=O)N(CC(N)=O)C(C)C)cc12. The van der Waals surface area contributed by atoms with Crippen LogP contribution in [0.15, 0.2) is 30.3 Å². The molecule has 27 heavy (non-hydrogen) atoms. The molecule has 2 aromatic heterocycles. The lowest BCUT2D eigenvalue weighted by molar-refractivity contribution is -0.119. The average molecular weight is 405 g/mol. The van der Waals surface area contributed by atoms with Crippen molar-refractivity contribution in [2.45, 2.75) is 33.4 Å². The van der Waals surface area contributed by atoms with Crippen molar-refractivity contribution in [2.75, 3.05) is 6.54 Å². The zero-order valence-electron chi connectivity index (χ0n) is 15.4. The van der Waals surface area contributed by atoms with E-state index in [1.807, 2.05) is 55.8 Å². The van der Waals surface area contributed by atoms with Gasteiger partial charge in [0.1, 0.15) is 4.83 Å². The Hall–Kier alpha value is -2.38. The molecule has 0 spiro atoms. The molecule has 0 aliphatic rings. The van der Waals surface area contributed by atoms with Gasteiger partial charge in [0.2, 0.25) is 5.91 Å². The van der Waals surface area contributed by atoms with Crippen LogP contribution in [-0.4, -0.2) is 39.1 Å². The maximum atomic E-state index is 12.9. The van der Waals surface area contributed by atoms with Gasteiger partial charge < -0.3 is 10.6 Å². The molecule has 0 radical (unpaired) electrons. The number of carbonyl (C=O) groups excluding carboxylic acids is 2. The first-order chi connectivity index (χ1) is 12.8. The van der Waals surface area contributed by atoms with Gasteiger partial charge in [0, 0.05) is 16.5 Å². The lowest BCUT2D eigenvalue weighted by Gasteiger charge is -2.24. The molecule has 2 heterocycles. The quantitative estimate of drug-likeness (QED) is 0.683. The Labute approximate surface area is 166 Å². The van der Waals surface area contributed by atoms with E-state index in [2.05, 4.69) is 5.10 Å². The van der Waals surface area contributed by atoms with Crippen LogP contribution in [0.2, 0.25) is 5.02 Å². The van der Waals surface area contributed by atoms with E-state index in [-0.39, 0.29) is 18.5 Å². The number of hydrogen-bond donors (Lipinski definition) is 1. The van der Waals surface area contributed by atoms with Crippen LogP contribution in [0.25, 0.3) is 10.2 Å². The lowest BCUT2D eigenvalue weighted by atomic mass is 10.2. The van der Waals surface area contributed by atoms with Crippen LogP contribution in [-0.2, 0) is 11.3 Å². The number of thiophene rings is 1. The average Bonchev–Trinajstić information content (AvgIpc) is 3.15. The number of carbonyl (C=O) groups is 2. The monoisotopic (exact) mass is 404 g/mol. The fraction of sp³-hybridized carbons (Fsp3) is 0.316. The van der Waals surface area contributed by atoms with Crippen molar-refractivity contribution in [3.8, 4) is 0 Å². The van der Waals surface area contributed by atoms with Crippen LogP contribution < -0.4 is 5.73 Å². The van der Waals surface area contributed by atoms with Crippen molar-refractivity contribution in [3.63, 3.8) is 0 Å². The molecular weight excluding hydrogens is 384 g/mol. The van der Waals surface area contributed by atoms with E-state index in [4.69, 9.17) is 17.3 Å². The zero-order valence-corrected chi connectivity index (χ0v) is 17.0. The first-order valence-electron chi connectivity index (χ1n) is 8.57. The molecule has 1 aromatic carbocycles. The maximum absolute atomic E-state index is 12.9. The molecule has 2 N–H and O–H groups in total. The van der Waals surface area contributed by atoms with Gasteiger partial charge in [0.15, 0.2) is 0 Å². The molecule has 3 rings (SSSR count). The minimum atomic E-state index is -0.528. The van der Waals surface area contributed by atoms with E-state index in [0.717, 1.165) is 21.5 Å². The summed E-state index contributed by atoms with van der Waals surface area (Å²) >= 11 is 7.64. The highest BCUT2D eigenvalue weighted by Crippen LogP contribution is 2.30. The van der Waals surface area contributed by atoms with Crippen LogP contribution >= 0.6 is 22.9 Å². The molecule has 142 valence electrons. The number of benzene rings is 1. The molecule has 0 unspecified atom stereocenters. The van der Waals surface area contributed by atoms with E-state index < -0.39 is 5.91 Å². The Balaban J connectivity index is 1.97. The number of nitrogens with two attached hydrogens (primary N) is 1. The smallest absolute Gasteiger partial charge is 0.264 e. The highest BCUT2D eigenvalue weighted by molar-refractivity contribution is 7.20. The van der Waals surface area contributed by atoms with Gasteiger partial charge in [0.25, 0.3) is 5.91 Å². The number of primary amides is 1. The topological polar surface area (TPSA) is 81.2 Å². The molecule has 0 saturated carbocycles. The summed E-state index contributed by atoms with van der Waals surface area (Å²) in [7, 11) is 0. The third kappa shape index (κ3) is 3.99. The number of aryl methyl sites for hydroxylation is 1. The molecule has 3 aromatic rings. The first-order valence-corrected chi connectivity index (χ1v) is 9.77. The van der Waals surface area contributed by atoms with Gasteiger partial charge in [-0.2, -0.15) is 5.10 Å². The highest BCUT2D eigenvalue weighted by Gasteiger charge is 2.24. The number of halogens is 1. The van der Waals surface area contributed by atoms with Crippen LogP contribution in [0.3, 0.4) is 0 Å². The predicted octanol–water partition coefficient (Wildman–Crippen LogP) is 3.44. The number of aromatic nitrogens is 2. The Kier molecular flexibility index (Phi) is 5.53. The standard InChI is InChI=1S/C19H21ClN4O2S/c1-11(2)23(10-17(21)25)18(26)16-8-14-12(3)22-24(19(14)27-16)9-13-6-4-5-7-15(13)20/h4-8,11H,9-10H2,1-3H3,(H2,21,25). The van der Waals surface area contributed by atoms with Crippen LogP contribution in [0, 0.1) is 6.92 Å². The summed E-state index contributed by atoms with van der Waals surface area (Å²) in [6, 6.07) is 9.33. The van der Waals surface area contributed by atoms with Gasteiger partial charge in [-0.1, -0.05) is 29.8 Å². The van der Waals surface area contributed by atoms with Crippen LogP contribution in [0.5, 0.6) is 0 Å². The van der Waals surface area contributed by atoms with Gasteiger partial charge in [-0.05, 0) is 38.5 Å². The van der Waals surface area contributed by atoms with Crippen LogP contribution in [0.4, 0.5) is 0 Å². The molecule has 6 nitrogen and oxygen atoms in total. The third-order valence-electron chi connectivity index (χ3n) is 4.31. The molecule has 2 amide bonds. The third-order valence-corrected chi connectivity index (χ3v) is 5.81. The summed E-state index contributed by atoms with van der Waals surface area (Å²) in [5.74, 6) is -0.729. The van der Waals surface area contributed by atoms with Gasteiger partial charge >= 0.3 is 0 Å². The van der Waals surface area contributed by atoms with E-state index in [0.29, 0.717) is 16.4 Å². The summed E-state index contributed by atoms with van der Waals surface area (Å²) in [5.41, 5.74) is 7.10. The molecule has 0 bridgehead atoms. The second kappa shape index (κ2) is 7.70. The lowest BCUT2D eigenvalue weighted by Crippen LogP contribution is -2.42. The van der Waals surface area contributed by atoms with Crippen molar-refractivity contribution in [3.05, 3.63) is 51.5 Å². The van der Waals surface area contributed by atoms with Crippen molar-refractivity contribution in [1.82, 2.24) is 14.7 Å². The fourth-order valence-electron chi connectivity index (χ4n) is 2.91.